The predicted octanol–water partition coefficient (Wildman–Crippen LogP) is 3.11. The predicted molar refractivity (Wildman–Crippen MR) is 52.6 cm³/mol. The lowest BCUT2D eigenvalue weighted by Crippen LogP contribution is -1.97. The van der Waals surface area contributed by atoms with Crippen molar-refractivity contribution in [1.29, 1.82) is 0 Å². The quantitative estimate of drug-likeness (QED) is 0.742. The van der Waals surface area contributed by atoms with E-state index >= 15 is 0 Å². The molecule has 1 aromatic heterocycles. The molecule has 1 heterocycles. The van der Waals surface area contributed by atoms with E-state index in [1.54, 1.807) is 0 Å². The van der Waals surface area contributed by atoms with Crippen molar-refractivity contribution >= 4 is 29.2 Å². The van der Waals surface area contributed by atoms with Gasteiger partial charge in [-0.3, -0.25) is 0 Å². The van der Waals surface area contributed by atoms with Crippen LogP contribution in [0.5, 0.6) is 0 Å². The summed E-state index contributed by atoms with van der Waals surface area (Å²) in [5, 5.41) is 8.72. The zero-order valence-corrected chi connectivity index (χ0v) is 8.73. The number of hydrogen-bond donors (Lipinski definition) is 1. The molecule has 0 saturated heterocycles. The summed E-state index contributed by atoms with van der Waals surface area (Å²) in [6, 6.07) is 1.20. The smallest absolute Gasteiger partial charge is 0.337 e. The summed E-state index contributed by atoms with van der Waals surface area (Å²) in [5.74, 6) is -1.11. The van der Waals surface area contributed by atoms with E-state index in [1.807, 2.05) is 13.8 Å². The van der Waals surface area contributed by atoms with E-state index in [1.165, 1.54) is 12.3 Å². The van der Waals surface area contributed by atoms with Crippen LogP contribution in [-0.2, 0) is 0 Å². The fraction of sp³-hybridized carbons (Fsp3) is 0.250. The molecule has 0 fully saturated rings. The number of rotatable bonds is 1. The minimum atomic E-state index is -1.11. The van der Waals surface area contributed by atoms with E-state index in [9.17, 15) is 4.79 Å². The molecule has 0 saturated carbocycles. The van der Waals surface area contributed by atoms with E-state index in [0.29, 0.717) is 0 Å². The van der Waals surface area contributed by atoms with E-state index in [0.717, 1.165) is 0 Å². The van der Waals surface area contributed by atoms with Crippen molar-refractivity contribution < 1.29 is 9.90 Å². The molecule has 0 atom stereocenters. The van der Waals surface area contributed by atoms with E-state index in [-0.39, 0.29) is 15.7 Å². The third-order valence-corrected chi connectivity index (χ3v) is 1.56. The number of nitrogens with zero attached hydrogens (tertiary/aromatic N) is 1. The zero-order chi connectivity index (χ0) is 10.4. The number of hydrogen-bond acceptors (Lipinski definition) is 2. The largest absolute Gasteiger partial charge is 0.478 e. The maximum Gasteiger partial charge on any atom is 0.337 e. The molecule has 5 heteroatoms. The molecule has 0 aliphatic rings. The van der Waals surface area contributed by atoms with Crippen molar-refractivity contribution in [2.45, 2.75) is 13.8 Å². The first-order chi connectivity index (χ1) is 6.11. The highest BCUT2D eigenvalue weighted by Crippen LogP contribution is 2.17. The normalized spacial score (nSPS) is 8.62. The number of halogens is 2. The van der Waals surface area contributed by atoms with Crippen LogP contribution in [0.4, 0.5) is 0 Å². The Morgan fingerprint density at radius 1 is 1.46 bits per heavy atom. The molecule has 13 heavy (non-hydrogen) atoms. The molecule has 1 rings (SSSR count). The Morgan fingerprint density at radius 3 is 2.38 bits per heavy atom. The van der Waals surface area contributed by atoms with Gasteiger partial charge in [0.25, 0.3) is 0 Å². The van der Waals surface area contributed by atoms with Crippen molar-refractivity contribution in [1.82, 2.24) is 4.98 Å². The van der Waals surface area contributed by atoms with Crippen LogP contribution in [0.1, 0.15) is 24.2 Å². The lowest BCUT2D eigenvalue weighted by molar-refractivity contribution is 0.0697. The molecular formula is C8H9Cl2NO2. The molecule has 0 aromatic carbocycles. The van der Waals surface area contributed by atoms with Gasteiger partial charge in [-0.2, -0.15) is 0 Å². The summed E-state index contributed by atoms with van der Waals surface area (Å²) >= 11 is 10.9. The Morgan fingerprint density at radius 2 is 2.00 bits per heavy atom. The van der Waals surface area contributed by atoms with E-state index in [4.69, 9.17) is 28.3 Å². The van der Waals surface area contributed by atoms with Crippen molar-refractivity contribution in [3.63, 3.8) is 0 Å². The van der Waals surface area contributed by atoms with Crippen LogP contribution in [-0.4, -0.2) is 16.1 Å². The molecule has 0 radical (unpaired) electrons. The SMILES string of the molecule is CC.O=C(O)c1cc(Cl)ncc1Cl. The summed E-state index contributed by atoms with van der Waals surface area (Å²) in [7, 11) is 0. The Hall–Kier alpha value is -0.800. The molecule has 0 unspecified atom stereocenters. The van der Waals surface area contributed by atoms with Crippen LogP contribution in [0.15, 0.2) is 12.3 Å². The third-order valence-electron chi connectivity index (χ3n) is 1.05. The lowest BCUT2D eigenvalue weighted by atomic mass is 10.3. The monoisotopic (exact) mass is 221 g/mol. The standard InChI is InChI=1S/C6H3Cl2NO2.C2H6/c7-4-2-9-5(8)1-3(4)6(10)11;1-2/h1-2H,(H,10,11);1-2H3. The molecule has 1 N–H and O–H groups in total. The van der Waals surface area contributed by atoms with Gasteiger partial charge in [0.2, 0.25) is 0 Å². The number of pyridine rings is 1. The second kappa shape index (κ2) is 5.78. The lowest BCUT2D eigenvalue weighted by Gasteiger charge is -1.96. The number of aromatic carboxylic acids is 1. The molecule has 0 amide bonds. The van der Waals surface area contributed by atoms with Gasteiger partial charge >= 0.3 is 5.97 Å². The first-order valence-electron chi connectivity index (χ1n) is 3.65. The molecule has 0 aliphatic carbocycles. The maximum absolute atomic E-state index is 10.4. The molecule has 0 bridgehead atoms. The second-order valence-electron chi connectivity index (χ2n) is 1.79. The van der Waals surface area contributed by atoms with E-state index < -0.39 is 5.97 Å². The van der Waals surface area contributed by atoms with Crippen LogP contribution in [0, 0.1) is 0 Å². The first kappa shape index (κ1) is 12.2. The Labute approximate surface area is 86.3 Å². The minimum absolute atomic E-state index is 0.0355. The number of aromatic nitrogens is 1. The topological polar surface area (TPSA) is 50.2 Å². The summed E-state index contributed by atoms with van der Waals surface area (Å²) in [5.41, 5.74) is -0.0355. The fourth-order valence-corrected chi connectivity index (χ4v) is 0.919. The van der Waals surface area contributed by atoms with Gasteiger partial charge in [0, 0.05) is 6.20 Å². The summed E-state index contributed by atoms with van der Waals surface area (Å²) in [4.78, 5) is 14.0. The van der Waals surface area contributed by atoms with Gasteiger partial charge in [-0.15, -0.1) is 0 Å². The van der Waals surface area contributed by atoms with Crippen LogP contribution in [0.25, 0.3) is 0 Å². The van der Waals surface area contributed by atoms with Gasteiger partial charge in [-0.1, -0.05) is 37.0 Å². The molecular weight excluding hydrogens is 213 g/mol. The van der Waals surface area contributed by atoms with Crippen molar-refractivity contribution in [3.8, 4) is 0 Å². The number of carbonyl (C=O) groups is 1. The Balaban J connectivity index is 0.000000671. The summed E-state index contributed by atoms with van der Waals surface area (Å²) < 4.78 is 0. The average molecular weight is 222 g/mol. The van der Waals surface area contributed by atoms with E-state index in [2.05, 4.69) is 4.98 Å². The molecule has 1 aromatic rings. The number of carboxylic acids is 1. The van der Waals surface area contributed by atoms with Crippen molar-refractivity contribution in [3.05, 3.63) is 28.0 Å². The first-order valence-corrected chi connectivity index (χ1v) is 4.41. The van der Waals surface area contributed by atoms with Gasteiger partial charge in [-0.25, -0.2) is 9.78 Å². The fourth-order valence-electron chi connectivity index (χ4n) is 0.577. The Bertz CT molecular complexity index is 302. The van der Waals surface area contributed by atoms with Crippen LogP contribution < -0.4 is 0 Å². The highest BCUT2D eigenvalue weighted by atomic mass is 35.5. The van der Waals surface area contributed by atoms with Gasteiger partial charge in [0.15, 0.2) is 0 Å². The van der Waals surface area contributed by atoms with Gasteiger partial charge in [-0.05, 0) is 6.07 Å². The highest BCUT2D eigenvalue weighted by Gasteiger charge is 2.08. The van der Waals surface area contributed by atoms with Crippen molar-refractivity contribution in [2.75, 3.05) is 0 Å². The second-order valence-corrected chi connectivity index (χ2v) is 2.59. The maximum atomic E-state index is 10.4. The van der Waals surface area contributed by atoms with Crippen LogP contribution >= 0.6 is 23.2 Å². The average Bonchev–Trinajstić information content (AvgIpc) is 2.12. The van der Waals surface area contributed by atoms with Crippen LogP contribution in [0.3, 0.4) is 0 Å². The highest BCUT2D eigenvalue weighted by molar-refractivity contribution is 6.34. The molecule has 72 valence electrons. The summed E-state index contributed by atoms with van der Waals surface area (Å²) in [6.07, 6.45) is 1.20. The zero-order valence-electron chi connectivity index (χ0n) is 7.21. The third kappa shape index (κ3) is 3.61. The number of carboxylic acid groups (broad SMARTS) is 1. The Kier molecular flexibility index (Phi) is 5.42. The summed E-state index contributed by atoms with van der Waals surface area (Å²) in [6.45, 7) is 4.00. The van der Waals surface area contributed by atoms with Gasteiger partial charge < -0.3 is 5.11 Å². The van der Waals surface area contributed by atoms with Gasteiger partial charge in [0.05, 0.1) is 10.6 Å². The molecule has 0 spiro atoms. The minimum Gasteiger partial charge on any atom is -0.478 e. The molecule has 0 aliphatic heterocycles. The molecule has 3 nitrogen and oxygen atoms in total. The van der Waals surface area contributed by atoms with Gasteiger partial charge in [0.1, 0.15) is 5.15 Å². The van der Waals surface area contributed by atoms with Crippen molar-refractivity contribution in [2.24, 2.45) is 0 Å². The van der Waals surface area contributed by atoms with Crippen LogP contribution in [0.2, 0.25) is 10.2 Å².